The van der Waals surface area contributed by atoms with Gasteiger partial charge in [0.1, 0.15) is 0 Å². The largest absolute Gasteiger partial charge is 0.454 e. The highest BCUT2D eigenvalue weighted by atomic mass is 16.7. The van der Waals surface area contributed by atoms with Gasteiger partial charge in [0.2, 0.25) is 6.79 Å². The summed E-state index contributed by atoms with van der Waals surface area (Å²) in [6, 6.07) is 2.89. The van der Waals surface area contributed by atoms with E-state index in [2.05, 4.69) is 0 Å². The van der Waals surface area contributed by atoms with E-state index in [1.807, 2.05) is 0 Å². The molecule has 1 aliphatic rings. The van der Waals surface area contributed by atoms with Gasteiger partial charge in [-0.1, -0.05) is 6.92 Å². The molecule has 16 heavy (non-hydrogen) atoms. The van der Waals surface area contributed by atoms with Gasteiger partial charge in [-0.15, -0.1) is 0 Å². The zero-order chi connectivity index (χ0) is 11.7. The quantitative estimate of drug-likeness (QED) is 0.621. The van der Waals surface area contributed by atoms with Crippen LogP contribution in [0.1, 0.15) is 18.4 Å². The fourth-order valence-corrected chi connectivity index (χ4v) is 1.60. The molecule has 6 nitrogen and oxygen atoms in total. The van der Waals surface area contributed by atoms with Gasteiger partial charge in [-0.3, -0.25) is 10.1 Å². The number of nitrogens with zero attached hydrogens (tertiary/aromatic N) is 1. The third-order valence-corrected chi connectivity index (χ3v) is 2.52. The number of benzene rings is 1. The van der Waals surface area contributed by atoms with E-state index in [0.717, 1.165) is 0 Å². The van der Waals surface area contributed by atoms with Crippen LogP contribution in [0.5, 0.6) is 11.5 Å². The summed E-state index contributed by atoms with van der Waals surface area (Å²) in [5, 5.41) is 19.9. The Morgan fingerprint density at radius 3 is 2.69 bits per heavy atom. The van der Waals surface area contributed by atoms with Crippen molar-refractivity contribution in [3.8, 4) is 11.5 Å². The smallest absolute Gasteiger partial charge is 0.276 e. The molecule has 1 N–H and O–H groups in total. The zero-order valence-corrected chi connectivity index (χ0v) is 8.67. The van der Waals surface area contributed by atoms with Crippen molar-refractivity contribution < 1.29 is 19.5 Å². The first kappa shape index (κ1) is 10.7. The third kappa shape index (κ3) is 1.67. The van der Waals surface area contributed by atoms with E-state index in [4.69, 9.17) is 14.6 Å². The monoisotopic (exact) mass is 225 g/mol. The molecule has 1 aromatic rings. The Kier molecular flexibility index (Phi) is 2.66. The van der Waals surface area contributed by atoms with Crippen molar-refractivity contribution >= 4 is 5.69 Å². The molecule has 6 heteroatoms. The molecule has 1 aliphatic heterocycles. The average molecular weight is 225 g/mol. The zero-order valence-electron chi connectivity index (χ0n) is 8.67. The van der Waals surface area contributed by atoms with Crippen LogP contribution in [-0.4, -0.2) is 23.4 Å². The van der Waals surface area contributed by atoms with E-state index in [9.17, 15) is 10.1 Å². The van der Waals surface area contributed by atoms with Crippen LogP contribution in [0, 0.1) is 10.1 Å². The standard InChI is InChI=1S/C10H11NO5/c1-6(4-12)7-2-9-10(16-5-15-9)3-8(7)11(13)14/h2-3,6,12H,4-5H2,1H3. The molecule has 0 fully saturated rings. The molecule has 0 saturated carbocycles. The number of hydrogen-bond donors (Lipinski definition) is 1. The predicted octanol–water partition coefficient (Wildman–Crippen LogP) is 1.42. The van der Waals surface area contributed by atoms with Gasteiger partial charge in [-0.2, -0.15) is 0 Å². The molecule has 0 aliphatic carbocycles. The highest BCUT2D eigenvalue weighted by Crippen LogP contribution is 2.40. The second-order valence-corrected chi connectivity index (χ2v) is 3.61. The number of rotatable bonds is 3. The second-order valence-electron chi connectivity index (χ2n) is 3.61. The van der Waals surface area contributed by atoms with Gasteiger partial charge in [-0.05, 0) is 6.07 Å². The Morgan fingerprint density at radius 1 is 1.50 bits per heavy atom. The van der Waals surface area contributed by atoms with Gasteiger partial charge in [0, 0.05) is 18.1 Å². The first-order valence-electron chi connectivity index (χ1n) is 4.82. The Hall–Kier alpha value is -1.82. The number of nitro groups is 1. The summed E-state index contributed by atoms with van der Waals surface area (Å²) in [5.74, 6) is 0.552. The molecule has 0 saturated heterocycles. The van der Waals surface area contributed by atoms with Crippen LogP contribution in [0.2, 0.25) is 0 Å². The fraction of sp³-hybridized carbons (Fsp3) is 0.400. The summed E-state index contributed by atoms with van der Waals surface area (Å²) in [5.41, 5.74) is 0.405. The maximum Gasteiger partial charge on any atom is 0.276 e. The van der Waals surface area contributed by atoms with E-state index in [-0.39, 0.29) is 25.0 Å². The van der Waals surface area contributed by atoms with Crippen molar-refractivity contribution in [1.82, 2.24) is 0 Å². The average Bonchev–Trinajstić information content (AvgIpc) is 2.73. The Balaban J connectivity index is 2.53. The molecule has 86 valence electrons. The molecule has 1 heterocycles. The van der Waals surface area contributed by atoms with Crippen molar-refractivity contribution in [3.05, 3.63) is 27.8 Å². The number of aliphatic hydroxyl groups is 1. The number of ether oxygens (including phenoxy) is 2. The second kappa shape index (κ2) is 3.97. The van der Waals surface area contributed by atoms with Crippen molar-refractivity contribution in [2.24, 2.45) is 0 Å². The highest BCUT2D eigenvalue weighted by molar-refractivity contribution is 5.56. The first-order chi connectivity index (χ1) is 7.63. The lowest BCUT2D eigenvalue weighted by Crippen LogP contribution is -2.03. The van der Waals surface area contributed by atoms with Crippen LogP contribution < -0.4 is 9.47 Å². The first-order valence-corrected chi connectivity index (χ1v) is 4.82. The summed E-state index contributed by atoms with van der Waals surface area (Å²) in [6.07, 6.45) is 0. The molecule has 1 atom stereocenters. The van der Waals surface area contributed by atoms with E-state index in [1.165, 1.54) is 6.07 Å². The van der Waals surface area contributed by atoms with Crippen molar-refractivity contribution in [3.63, 3.8) is 0 Å². The minimum Gasteiger partial charge on any atom is -0.454 e. The SMILES string of the molecule is CC(CO)c1cc2c(cc1[N+](=O)[O-])OCO2. The molecule has 2 rings (SSSR count). The lowest BCUT2D eigenvalue weighted by atomic mass is 9.99. The van der Waals surface area contributed by atoms with Crippen molar-refractivity contribution in [2.75, 3.05) is 13.4 Å². The number of aliphatic hydroxyl groups excluding tert-OH is 1. The van der Waals surface area contributed by atoms with Crippen LogP contribution in [0.4, 0.5) is 5.69 Å². The molecule has 0 bridgehead atoms. The van der Waals surface area contributed by atoms with Crippen LogP contribution in [0.15, 0.2) is 12.1 Å². The molecule has 0 aromatic heterocycles. The normalized spacial score (nSPS) is 14.9. The van der Waals surface area contributed by atoms with Crippen LogP contribution in [-0.2, 0) is 0 Å². The van der Waals surface area contributed by atoms with Gasteiger partial charge in [0.25, 0.3) is 5.69 Å². The van der Waals surface area contributed by atoms with Gasteiger partial charge in [-0.25, -0.2) is 0 Å². The van der Waals surface area contributed by atoms with Crippen LogP contribution >= 0.6 is 0 Å². The van der Waals surface area contributed by atoms with Gasteiger partial charge >= 0.3 is 0 Å². The lowest BCUT2D eigenvalue weighted by molar-refractivity contribution is -0.385. The Bertz CT molecular complexity index is 431. The summed E-state index contributed by atoms with van der Waals surface area (Å²) in [7, 11) is 0. The van der Waals surface area contributed by atoms with Gasteiger partial charge in [0.05, 0.1) is 11.0 Å². The topological polar surface area (TPSA) is 81.8 Å². The van der Waals surface area contributed by atoms with Crippen molar-refractivity contribution in [2.45, 2.75) is 12.8 Å². The van der Waals surface area contributed by atoms with Gasteiger partial charge in [0.15, 0.2) is 11.5 Å². The molecule has 1 unspecified atom stereocenters. The molecular weight excluding hydrogens is 214 g/mol. The molecule has 0 amide bonds. The highest BCUT2D eigenvalue weighted by Gasteiger charge is 2.25. The molecular formula is C10H11NO5. The van der Waals surface area contributed by atoms with Crippen LogP contribution in [0.25, 0.3) is 0 Å². The van der Waals surface area contributed by atoms with E-state index < -0.39 is 4.92 Å². The summed E-state index contributed by atoms with van der Waals surface area (Å²) >= 11 is 0. The summed E-state index contributed by atoms with van der Waals surface area (Å²) < 4.78 is 10.2. The maximum absolute atomic E-state index is 10.9. The number of fused-ring (bicyclic) bond motifs is 1. The van der Waals surface area contributed by atoms with E-state index in [0.29, 0.717) is 17.1 Å². The molecule has 1 aromatic carbocycles. The van der Waals surface area contributed by atoms with Crippen LogP contribution in [0.3, 0.4) is 0 Å². The third-order valence-electron chi connectivity index (χ3n) is 2.52. The minimum absolute atomic E-state index is 0.0502. The number of nitro benzene ring substituents is 1. The lowest BCUT2D eigenvalue weighted by Gasteiger charge is -2.09. The Morgan fingerprint density at radius 2 is 2.12 bits per heavy atom. The molecule has 0 spiro atoms. The van der Waals surface area contributed by atoms with Gasteiger partial charge < -0.3 is 14.6 Å². The Labute approximate surface area is 91.6 Å². The fourth-order valence-electron chi connectivity index (χ4n) is 1.60. The van der Waals surface area contributed by atoms with E-state index in [1.54, 1.807) is 13.0 Å². The minimum atomic E-state index is -0.483. The van der Waals surface area contributed by atoms with E-state index >= 15 is 0 Å². The molecule has 0 radical (unpaired) electrons. The van der Waals surface area contributed by atoms with Crippen molar-refractivity contribution in [1.29, 1.82) is 0 Å². The predicted molar refractivity (Wildman–Crippen MR) is 54.7 cm³/mol. The maximum atomic E-state index is 10.9. The number of hydrogen-bond acceptors (Lipinski definition) is 5. The summed E-state index contributed by atoms with van der Waals surface area (Å²) in [6.45, 7) is 1.63. The summed E-state index contributed by atoms with van der Waals surface area (Å²) in [4.78, 5) is 10.4.